The van der Waals surface area contributed by atoms with Crippen LogP contribution < -0.4 is 14.4 Å². The highest BCUT2D eigenvalue weighted by Crippen LogP contribution is 2.30. The zero-order valence-electron chi connectivity index (χ0n) is 23.8. The minimum Gasteiger partial charge on any atom is -0.492 e. The number of hydrogen-bond acceptors (Lipinski definition) is 5. The van der Waals surface area contributed by atoms with E-state index >= 15 is 0 Å². The largest absolute Gasteiger partial charge is 0.492 e. The molecule has 0 spiro atoms. The van der Waals surface area contributed by atoms with E-state index in [0.29, 0.717) is 31.0 Å². The van der Waals surface area contributed by atoms with Crippen molar-refractivity contribution in [2.75, 3.05) is 23.7 Å². The van der Waals surface area contributed by atoms with Gasteiger partial charge in [0, 0.05) is 25.0 Å². The average Bonchev–Trinajstić information content (AvgIpc) is 2.80. The number of carbonyl (C=O) groups excluding carboxylic acids is 2. The van der Waals surface area contributed by atoms with Crippen molar-refractivity contribution in [2.45, 2.75) is 78.9 Å². The standard InChI is InChI=1S/C29H43N3O5S/c1-8-24(28(34)30-29(4,5)6)31(21-23-15-12-14-22(3)20-23)27(33)18-13-19-32(38(7,35)36)25-16-10-11-17-26(25)37-9-2/h10-12,14-17,20,24H,8-9,13,18-19,21H2,1-7H3,(H,30,34)/t24-/m1/s1. The van der Waals surface area contributed by atoms with Crippen LogP contribution in [0.3, 0.4) is 0 Å². The van der Waals surface area contributed by atoms with Crippen molar-refractivity contribution in [3.05, 3.63) is 59.7 Å². The van der Waals surface area contributed by atoms with Crippen LogP contribution in [0.2, 0.25) is 0 Å². The summed E-state index contributed by atoms with van der Waals surface area (Å²) in [6, 6.07) is 14.2. The Bertz CT molecular complexity index is 1190. The third kappa shape index (κ3) is 9.35. The van der Waals surface area contributed by atoms with E-state index < -0.39 is 21.6 Å². The number of nitrogens with one attached hydrogen (secondary N) is 1. The smallest absolute Gasteiger partial charge is 0.243 e. The van der Waals surface area contributed by atoms with E-state index in [1.54, 1.807) is 29.2 Å². The number of ether oxygens (including phenoxy) is 1. The van der Waals surface area contributed by atoms with Crippen LogP contribution in [0, 0.1) is 6.92 Å². The SMILES string of the molecule is CCOc1ccccc1N(CCCC(=O)N(Cc1cccc(C)c1)[C@H](CC)C(=O)NC(C)(C)C)S(C)(=O)=O. The lowest BCUT2D eigenvalue weighted by molar-refractivity contribution is -0.142. The molecule has 0 saturated heterocycles. The van der Waals surface area contributed by atoms with Gasteiger partial charge in [-0.3, -0.25) is 13.9 Å². The molecule has 1 N–H and O–H groups in total. The van der Waals surface area contributed by atoms with E-state index in [0.717, 1.165) is 17.4 Å². The highest BCUT2D eigenvalue weighted by molar-refractivity contribution is 7.92. The normalized spacial score (nSPS) is 12.5. The number of sulfonamides is 1. The summed E-state index contributed by atoms with van der Waals surface area (Å²) >= 11 is 0. The molecule has 0 aliphatic heterocycles. The van der Waals surface area contributed by atoms with Gasteiger partial charge in [-0.25, -0.2) is 8.42 Å². The molecule has 0 aromatic heterocycles. The molecule has 2 rings (SSSR count). The van der Waals surface area contributed by atoms with Gasteiger partial charge in [-0.1, -0.05) is 48.9 Å². The Balaban J connectivity index is 2.28. The summed E-state index contributed by atoms with van der Waals surface area (Å²) in [5.41, 5.74) is 2.01. The monoisotopic (exact) mass is 545 g/mol. The van der Waals surface area contributed by atoms with Crippen molar-refractivity contribution in [2.24, 2.45) is 0 Å². The van der Waals surface area contributed by atoms with E-state index in [4.69, 9.17) is 4.74 Å². The molecule has 0 bridgehead atoms. The van der Waals surface area contributed by atoms with Crippen LogP contribution in [0.15, 0.2) is 48.5 Å². The second-order valence-electron chi connectivity index (χ2n) is 10.5. The van der Waals surface area contributed by atoms with Gasteiger partial charge in [-0.15, -0.1) is 0 Å². The summed E-state index contributed by atoms with van der Waals surface area (Å²) in [5, 5.41) is 3.00. The zero-order valence-corrected chi connectivity index (χ0v) is 24.6. The van der Waals surface area contributed by atoms with Crippen molar-refractivity contribution in [3.63, 3.8) is 0 Å². The highest BCUT2D eigenvalue weighted by atomic mass is 32.2. The number of amides is 2. The molecular weight excluding hydrogens is 502 g/mol. The number of anilines is 1. The number of benzene rings is 2. The molecular formula is C29H43N3O5S. The quantitative estimate of drug-likeness (QED) is 0.395. The molecule has 0 radical (unpaired) electrons. The van der Waals surface area contributed by atoms with Crippen LogP contribution in [-0.2, 0) is 26.2 Å². The Morgan fingerprint density at radius 2 is 1.74 bits per heavy atom. The number of aryl methyl sites for hydroxylation is 1. The van der Waals surface area contributed by atoms with Crippen LogP contribution in [0.5, 0.6) is 5.75 Å². The van der Waals surface area contributed by atoms with Crippen LogP contribution >= 0.6 is 0 Å². The molecule has 210 valence electrons. The van der Waals surface area contributed by atoms with Gasteiger partial charge < -0.3 is 15.0 Å². The molecule has 0 fully saturated rings. The number of carbonyl (C=O) groups is 2. The van der Waals surface area contributed by atoms with Crippen molar-refractivity contribution in [1.82, 2.24) is 10.2 Å². The first-order chi connectivity index (χ1) is 17.8. The number of para-hydroxylation sites is 2. The van der Waals surface area contributed by atoms with E-state index in [9.17, 15) is 18.0 Å². The van der Waals surface area contributed by atoms with E-state index in [1.165, 1.54) is 4.31 Å². The topological polar surface area (TPSA) is 96.0 Å². The van der Waals surface area contributed by atoms with Crippen molar-refractivity contribution in [3.8, 4) is 5.75 Å². The van der Waals surface area contributed by atoms with Crippen LogP contribution in [0.1, 0.15) is 65.0 Å². The fourth-order valence-corrected chi connectivity index (χ4v) is 5.27. The van der Waals surface area contributed by atoms with Crippen molar-refractivity contribution < 1.29 is 22.7 Å². The lowest BCUT2D eigenvalue weighted by atomic mass is 10.0. The maximum atomic E-state index is 13.6. The van der Waals surface area contributed by atoms with Gasteiger partial charge in [-0.05, 0) is 65.2 Å². The van der Waals surface area contributed by atoms with Crippen molar-refractivity contribution in [1.29, 1.82) is 0 Å². The second-order valence-corrected chi connectivity index (χ2v) is 12.4. The lowest BCUT2D eigenvalue weighted by Gasteiger charge is -2.33. The number of rotatable bonds is 13. The Kier molecular flexibility index (Phi) is 11.2. The molecule has 0 saturated carbocycles. The molecule has 2 aromatic rings. The Morgan fingerprint density at radius 1 is 1.05 bits per heavy atom. The second kappa shape index (κ2) is 13.6. The maximum Gasteiger partial charge on any atom is 0.243 e. The fraction of sp³-hybridized carbons (Fsp3) is 0.517. The minimum absolute atomic E-state index is 0.0912. The molecule has 38 heavy (non-hydrogen) atoms. The summed E-state index contributed by atoms with van der Waals surface area (Å²) in [5.74, 6) is 0.0658. The van der Waals surface area contributed by atoms with Crippen LogP contribution in [-0.4, -0.2) is 56.1 Å². The average molecular weight is 546 g/mol. The zero-order chi connectivity index (χ0) is 28.5. The van der Waals surface area contributed by atoms with Gasteiger partial charge in [0.15, 0.2) is 0 Å². The number of nitrogens with zero attached hydrogens (tertiary/aromatic N) is 2. The van der Waals surface area contributed by atoms with Gasteiger partial charge in [0.05, 0.1) is 18.6 Å². The molecule has 0 aliphatic carbocycles. The predicted octanol–water partition coefficient (Wildman–Crippen LogP) is 4.66. The minimum atomic E-state index is -3.62. The molecule has 0 unspecified atom stereocenters. The number of hydrogen-bond donors (Lipinski definition) is 1. The van der Waals surface area contributed by atoms with Gasteiger partial charge in [0.2, 0.25) is 21.8 Å². The van der Waals surface area contributed by atoms with Gasteiger partial charge in [-0.2, -0.15) is 0 Å². The third-order valence-electron chi connectivity index (χ3n) is 5.91. The van der Waals surface area contributed by atoms with Gasteiger partial charge in [0.25, 0.3) is 0 Å². The molecule has 2 aromatic carbocycles. The Hall–Kier alpha value is -3.07. The van der Waals surface area contributed by atoms with E-state index in [-0.39, 0.29) is 31.2 Å². The molecule has 9 heteroatoms. The fourth-order valence-electron chi connectivity index (χ4n) is 4.30. The van der Waals surface area contributed by atoms with Gasteiger partial charge >= 0.3 is 0 Å². The Morgan fingerprint density at radius 3 is 2.32 bits per heavy atom. The van der Waals surface area contributed by atoms with Gasteiger partial charge in [0.1, 0.15) is 11.8 Å². The highest BCUT2D eigenvalue weighted by Gasteiger charge is 2.31. The molecule has 8 nitrogen and oxygen atoms in total. The van der Waals surface area contributed by atoms with E-state index in [2.05, 4.69) is 5.32 Å². The van der Waals surface area contributed by atoms with Crippen LogP contribution in [0.4, 0.5) is 5.69 Å². The summed E-state index contributed by atoms with van der Waals surface area (Å²) in [6.45, 7) is 12.2. The first-order valence-electron chi connectivity index (χ1n) is 13.1. The van der Waals surface area contributed by atoms with Crippen molar-refractivity contribution >= 4 is 27.5 Å². The molecule has 1 atom stereocenters. The third-order valence-corrected chi connectivity index (χ3v) is 7.09. The molecule has 0 heterocycles. The first kappa shape index (κ1) is 31.1. The molecule has 0 aliphatic rings. The maximum absolute atomic E-state index is 13.6. The summed E-state index contributed by atoms with van der Waals surface area (Å²) < 4.78 is 32.3. The van der Waals surface area contributed by atoms with Crippen LogP contribution in [0.25, 0.3) is 0 Å². The summed E-state index contributed by atoms with van der Waals surface area (Å²) in [4.78, 5) is 28.4. The Labute approximate surface area is 228 Å². The first-order valence-corrected chi connectivity index (χ1v) is 15.0. The summed E-state index contributed by atoms with van der Waals surface area (Å²) in [7, 11) is -3.62. The molecule has 2 amide bonds. The van der Waals surface area contributed by atoms with E-state index in [1.807, 2.05) is 65.8 Å². The lowest BCUT2D eigenvalue weighted by Crippen LogP contribution is -2.53. The predicted molar refractivity (Wildman–Crippen MR) is 153 cm³/mol. The summed E-state index contributed by atoms with van der Waals surface area (Å²) in [6.07, 6.45) is 1.98.